The van der Waals surface area contributed by atoms with Crippen molar-refractivity contribution < 1.29 is 9.53 Å². The van der Waals surface area contributed by atoms with Gasteiger partial charge in [-0.2, -0.15) is 0 Å². The maximum absolute atomic E-state index is 12.2. The summed E-state index contributed by atoms with van der Waals surface area (Å²) in [5.41, 5.74) is 9.18. The van der Waals surface area contributed by atoms with Gasteiger partial charge in [0.2, 0.25) is 0 Å². The molecule has 0 aliphatic carbocycles. The highest BCUT2D eigenvalue weighted by Gasteiger charge is 2.26. The van der Waals surface area contributed by atoms with E-state index in [1.54, 1.807) is 4.90 Å². The average molecular weight is 276 g/mol. The lowest BCUT2D eigenvalue weighted by atomic mass is 9.98. The van der Waals surface area contributed by atoms with Crippen LogP contribution in [0.5, 0.6) is 0 Å². The first-order valence-electron chi connectivity index (χ1n) is 7.09. The van der Waals surface area contributed by atoms with Gasteiger partial charge < -0.3 is 15.4 Å². The Morgan fingerprint density at radius 1 is 1.40 bits per heavy atom. The third kappa shape index (κ3) is 3.51. The van der Waals surface area contributed by atoms with Crippen molar-refractivity contribution >= 4 is 6.09 Å². The zero-order chi connectivity index (χ0) is 14.9. The van der Waals surface area contributed by atoms with Crippen LogP contribution in [0.25, 0.3) is 0 Å². The highest BCUT2D eigenvalue weighted by molar-refractivity contribution is 5.68. The summed E-state index contributed by atoms with van der Waals surface area (Å²) >= 11 is 0. The number of nitrogens with two attached hydrogens (primary N) is 1. The van der Waals surface area contributed by atoms with E-state index in [2.05, 4.69) is 25.1 Å². The van der Waals surface area contributed by atoms with Crippen molar-refractivity contribution in [3.05, 3.63) is 34.9 Å². The van der Waals surface area contributed by atoms with Gasteiger partial charge in [0.05, 0.1) is 0 Å². The molecule has 1 aromatic rings. The fourth-order valence-electron chi connectivity index (χ4n) is 2.45. The number of hydrogen-bond acceptors (Lipinski definition) is 3. The minimum atomic E-state index is -0.471. The van der Waals surface area contributed by atoms with Crippen molar-refractivity contribution in [1.82, 2.24) is 4.90 Å². The summed E-state index contributed by atoms with van der Waals surface area (Å²) in [6.45, 7) is 8.89. The summed E-state index contributed by atoms with van der Waals surface area (Å²) in [6.07, 6.45) is 0.494. The molecule has 1 aliphatic heterocycles. The van der Waals surface area contributed by atoms with Gasteiger partial charge >= 0.3 is 6.09 Å². The van der Waals surface area contributed by atoms with Crippen LogP contribution in [0.15, 0.2) is 18.2 Å². The Morgan fingerprint density at radius 2 is 2.10 bits per heavy atom. The van der Waals surface area contributed by atoms with E-state index in [0.29, 0.717) is 13.1 Å². The zero-order valence-electron chi connectivity index (χ0n) is 12.8. The van der Waals surface area contributed by atoms with Gasteiger partial charge in [0.1, 0.15) is 5.60 Å². The van der Waals surface area contributed by atoms with E-state index in [0.717, 1.165) is 17.5 Å². The molecule has 0 aromatic heterocycles. The molecule has 0 spiro atoms. The zero-order valence-corrected chi connectivity index (χ0v) is 12.8. The van der Waals surface area contributed by atoms with E-state index in [4.69, 9.17) is 10.5 Å². The third-order valence-electron chi connectivity index (χ3n) is 3.42. The minimum absolute atomic E-state index is 0.0157. The number of ether oxygens (including phenoxy) is 1. The van der Waals surface area contributed by atoms with Crippen molar-refractivity contribution in [2.24, 2.45) is 5.73 Å². The predicted octanol–water partition coefficient (Wildman–Crippen LogP) is 3.14. The van der Waals surface area contributed by atoms with Crippen LogP contribution in [0.3, 0.4) is 0 Å². The molecule has 1 aromatic carbocycles. The van der Waals surface area contributed by atoms with Gasteiger partial charge in [0, 0.05) is 19.1 Å². The molecule has 1 aliphatic rings. The number of carbonyl (C=O) groups is 1. The maximum atomic E-state index is 12.2. The summed E-state index contributed by atoms with van der Waals surface area (Å²) in [5.74, 6) is 0. The summed E-state index contributed by atoms with van der Waals surface area (Å²) in [6, 6.07) is 6.24. The molecule has 1 heterocycles. The molecule has 20 heavy (non-hydrogen) atoms. The molecular formula is C16H24N2O2. The number of hydrogen-bond donors (Lipinski definition) is 1. The number of amides is 1. The summed E-state index contributed by atoms with van der Waals surface area (Å²) in [7, 11) is 0. The molecule has 0 radical (unpaired) electrons. The quantitative estimate of drug-likeness (QED) is 0.792. The molecule has 1 atom stereocenters. The predicted molar refractivity (Wildman–Crippen MR) is 79.4 cm³/mol. The normalized spacial score (nSPS) is 19.2. The van der Waals surface area contributed by atoms with Crippen LogP contribution in [0.1, 0.15) is 49.9 Å². The van der Waals surface area contributed by atoms with Gasteiger partial charge in [0.15, 0.2) is 0 Å². The first kappa shape index (κ1) is 14.9. The largest absolute Gasteiger partial charge is 0.444 e. The molecule has 2 N–H and O–H groups in total. The molecule has 1 unspecified atom stereocenters. The monoisotopic (exact) mass is 276 g/mol. The standard InChI is InChI=1S/C16H24N2O2/c1-11-5-6-13-12(9-11)10-18(8-7-14(13)17)15(19)20-16(2,3)4/h5-6,9,14H,7-8,10,17H2,1-4H3. The van der Waals surface area contributed by atoms with Crippen LogP contribution in [0.4, 0.5) is 4.79 Å². The lowest BCUT2D eigenvalue weighted by Crippen LogP contribution is -2.36. The van der Waals surface area contributed by atoms with Crippen molar-refractivity contribution in [3.63, 3.8) is 0 Å². The third-order valence-corrected chi connectivity index (χ3v) is 3.42. The topological polar surface area (TPSA) is 55.6 Å². The van der Waals surface area contributed by atoms with Crippen molar-refractivity contribution in [2.75, 3.05) is 6.54 Å². The molecule has 110 valence electrons. The average Bonchev–Trinajstić information content (AvgIpc) is 2.46. The van der Waals surface area contributed by atoms with Crippen molar-refractivity contribution in [2.45, 2.75) is 52.3 Å². The van der Waals surface area contributed by atoms with E-state index >= 15 is 0 Å². The van der Waals surface area contributed by atoms with Gasteiger partial charge in [0.25, 0.3) is 0 Å². The first-order chi connectivity index (χ1) is 9.26. The Hall–Kier alpha value is -1.55. The van der Waals surface area contributed by atoms with Gasteiger partial charge in [-0.15, -0.1) is 0 Å². The maximum Gasteiger partial charge on any atom is 0.410 e. The number of aryl methyl sites for hydroxylation is 1. The van der Waals surface area contributed by atoms with E-state index in [-0.39, 0.29) is 12.1 Å². The number of fused-ring (bicyclic) bond motifs is 1. The molecule has 0 fully saturated rings. The number of carbonyl (C=O) groups excluding carboxylic acids is 1. The molecule has 0 saturated heterocycles. The van der Waals surface area contributed by atoms with Crippen molar-refractivity contribution in [3.8, 4) is 0 Å². The summed E-state index contributed by atoms with van der Waals surface area (Å²) in [5, 5.41) is 0. The number of benzene rings is 1. The van der Waals surface area contributed by atoms with Gasteiger partial charge in [-0.1, -0.05) is 23.8 Å². The van der Waals surface area contributed by atoms with Gasteiger partial charge in [-0.3, -0.25) is 0 Å². The molecule has 1 amide bonds. The van der Waals surface area contributed by atoms with E-state index < -0.39 is 5.60 Å². The highest BCUT2D eigenvalue weighted by Crippen LogP contribution is 2.26. The van der Waals surface area contributed by atoms with Crippen LogP contribution in [-0.2, 0) is 11.3 Å². The minimum Gasteiger partial charge on any atom is -0.444 e. The molecule has 0 saturated carbocycles. The second-order valence-corrected chi connectivity index (χ2v) is 6.50. The van der Waals surface area contributed by atoms with Crippen LogP contribution in [-0.4, -0.2) is 23.1 Å². The van der Waals surface area contributed by atoms with E-state index in [1.165, 1.54) is 5.56 Å². The summed E-state index contributed by atoms with van der Waals surface area (Å²) in [4.78, 5) is 14.0. The smallest absolute Gasteiger partial charge is 0.410 e. The number of rotatable bonds is 0. The molecule has 4 nitrogen and oxygen atoms in total. The fourth-order valence-corrected chi connectivity index (χ4v) is 2.45. The van der Waals surface area contributed by atoms with Crippen LogP contribution in [0.2, 0.25) is 0 Å². The second kappa shape index (κ2) is 5.44. The Morgan fingerprint density at radius 3 is 2.75 bits per heavy atom. The lowest BCUT2D eigenvalue weighted by Gasteiger charge is -2.26. The SMILES string of the molecule is Cc1ccc2c(c1)CN(C(=O)OC(C)(C)C)CCC2N. The highest BCUT2D eigenvalue weighted by atomic mass is 16.6. The Labute approximate surface area is 120 Å². The number of nitrogens with zero attached hydrogens (tertiary/aromatic N) is 1. The van der Waals surface area contributed by atoms with Gasteiger partial charge in [-0.05, 0) is 45.2 Å². The first-order valence-corrected chi connectivity index (χ1v) is 7.09. The van der Waals surface area contributed by atoms with Gasteiger partial charge in [-0.25, -0.2) is 4.79 Å². The van der Waals surface area contributed by atoms with E-state index in [9.17, 15) is 4.79 Å². The Kier molecular flexibility index (Phi) is 4.04. The second-order valence-electron chi connectivity index (χ2n) is 6.50. The van der Waals surface area contributed by atoms with Crippen LogP contribution >= 0.6 is 0 Å². The fraction of sp³-hybridized carbons (Fsp3) is 0.562. The van der Waals surface area contributed by atoms with Crippen LogP contribution < -0.4 is 5.73 Å². The lowest BCUT2D eigenvalue weighted by molar-refractivity contribution is 0.0235. The Balaban J connectivity index is 2.22. The molecule has 4 heteroatoms. The summed E-state index contributed by atoms with van der Waals surface area (Å²) < 4.78 is 5.46. The van der Waals surface area contributed by atoms with Crippen LogP contribution in [0, 0.1) is 6.92 Å². The molecular weight excluding hydrogens is 252 g/mol. The Bertz CT molecular complexity index is 506. The van der Waals surface area contributed by atoms with Crippen molar-refractivity contribution in [1.29, 1.82) is 0 Å². The van der Waals surface area contributed by atoms with E-state index in [1.807, 2.05) is 20.8 Å². The molecule has 0 bridgehead atoms. The molecule has 2 rings (SSSR count).